The lowest BCUT2D eigenvalue weighted by Crippen LogP contribution is -2.36. The lowest BCUT2D eigenvalue weighted by atomic mass is 10.1. The number of aliphatic carboxylic acids is 1. The number of rotatable bonds is 7. The van der Waals surface area contributed by atoms with Crippen molar-refractivity contribution in [2.45, 2.75) is 39.3 Å². The first-order chi connectivity index (χ1) is 8.97. The van der Waals surface area contributed by atoms with Crippen LogP contribution in [0.15, 0.2) is 18.2 Å². The second-order valence-electron chi connectivity index (χ2n) is 4.38. The summed E-state index contributed by atoms with van der Waals surface area (Å²) in [4.78, 5) is 21.4. The van der Waals surface area contributed by atoms with Gasteiger partial charge in [0, 0.05) is 18.2 Å². The highest BCUT2D eigenvalue weighted by atomic mass is 16.6. The minimum Gasteiger partial charge on any atom is -0.480 e. The maximum Gasteiger partial charge on any atom is 0.320 e. The molecule has 0 fully saturated rings. The van der Waals surface area contributed by atoms with Crippen molar-refractivity contribution in [2.24, 2.45) is 0 Å². The van der Waals surface area contributed by atoms with E-state index >= 15 is 0 Å². The smallest absolute Gasteiger partial charge is 0.320 e. The normalized spacial score (nSPS) is 12.1. The average molecular weight is 266 g/mol. The molecule has 1 rings (SSSR count). The van der Waals surface area contributed by atoms with Gasteiger partial charge in [0.25, 0.3) is 5.69 Å². The fourth-order valence-electron chi connectivity index (χ4n) is 1.89. The van der Waals surface area contributed by atoms with Gasteiger partial charge in [0.1, 0.15) is 6.04 Å². The Balaban J connectivity index is 2.80. The Hall–Kier alpha value is -1.95. The van der Waals surface area contributed by atoms with Crippen LogP contribution >= 0.6 is 0 Å². The molecule has 0 amide bonds. The summed E-state index contributed by atoms with van der Waals surface area (Å²) in [6.45, 7) is 3.89. The molecule has 1 unspecified atom stereocenters. The van der Waals surface area contributed by atoms with Crippen molar-refractivity contribution in [2.75, 3.05) is 0 Å². The fraction of sp³-hybridized carbons (Fsp3) is 0.462. The van der Waals surface area contributed by atoms with Gasteiger partial charge in [-0.15, -0.1) is 0 Å². The van der Waals surface area contributed by atoms with E-state index < -0.39 is 16.9 Å². The third kappa shape index (κ3) is 4.03. The molecule has 0 radical (unpaired) electrons. The summed E-state index contributed by atoms with van der Waals surface area (Å²) < 4.78 is 0. The summed E-state index contributed by atoms with van der Waals surface area (Å²) in [5.74, 6) is -0.898. The number of benzene rings is 1. The van der Waals surface area contributed by atoms with E-state index in [9.17, 15) is 14.9 Å². The van der Waals surface area contributed by atoms with Crippen LogP contribution in [0.4, 0.5) is 5.69 Å². The summed E-state index contributed by atoms with van der Waals surface area (Å²) >= 11 is 0. The predicted molar refractivity (Wildman–Crippen MR) is 71.0 cm³/mol. The standard InChI is InChI=1S/C13H18N2O4/c1-3-5-11(13(16)17)14-8-10-6-4-7-12(9(10)2)15(18)19/h4,6-7,11,14H,3,5,8H2,1-2H3,(H,16,17). The minimum absolute atomic E-state index is 0.0571. The Morgan fingerprint density at radius 2 is 2.21 bits per heavy atom. The first-order valence-electron chi connectivity index (χ1n) is 6.16. The molecule has 1 atom stereocenters. The van der Waals surface area contributed by atoms with E-state index in [0.29, 0.717) is 18.5 Å². The van der Waals surface area contributed by atoms with Crippen LogP contribution in [0.3, 0.4) is 0 Å². The Morgan fingerprint density at radius 1 is 1.53 bits per heavy atom. The molecule has 0 aromatic heterocycles. The predicted octanol–water partition coefficient (Wildman–Crippen LogP) is 2.25. The zero-order valence-electron chi connectivity index (χ0n) is 11.0. The highest BCUT2D eigenvalue weighted by molar-refractivity contribution is 5.73. The number of carboxylic acid groups (broad SMARTS) is 1. The molecule has 0 aliphatic carbocycles. The number of hydrogen-bond donors (Lipinski definition) is 2. The molecule has 0 aliphatic rings. The Kier molecular flexibility index (Phi) is 5.44. The second kappa shape index (κ2) is 6.84. The van der Waals surface area contributed by atoms with Crippen LogP contribution in [0, 0.1) is 17.0 Å². The fourth-order valence-corrected chi connectivity index (χ4v) is 1.89. The third-order valence-corrected chi connectivity index (χ3v) is 3.03. The molecule has 0 heterocycles. The molecular weight excluding hydrogens is 248 g/mol. The molecule has 6 nitrogen and oxygen atoms in total. The first-order valence-corrected chi connectivity index (χ1v) is 6.16. The molecule has 2 N–H and O–H groups in total. The number of carboxylic acids is 1. The summed E-state index contributed by atoms with van der Waals surface area (Å²) in [5.41, 5.74) is 1.37. The van der Waals surface area contributed by atoms with Gasteiger partial charge in [-0.3, -0.25) is 14.9 Å². The largest absolute Gasteiger partial charge is 0.480 e. The van der Waals surface area contributed by atoms with E-state index in [2.05, 4.69) is 5.32 Å². The molecule has 1 aromatic carbocycles. The lowest BCUT2D eigenvalue weighted by molar-refractivity contribution is -0.385. The van der Waals surface area contributed by atoms with Gasteiger partial charge in [-0.1, -0.05) is 25.5 Å². The first kappa shape index (κ1) is 15.1. The van der Waals surface area contributed by atoms with E-state index in [1.165, 1.54) is 6.07 Å². The van der Waals surface area contributed by atoms with Gasteiger partial charge in [0.15, 0.2) is 0 Å². The Morgan fingerprint density at radius 3 is 2.74 bits per heavy atom. The van der Waals surface area contributed by atoms with Crippen molar-refractivity contribution in [3.8, 4) is 0 Å². The quantitative estimate of drug-likeness (QED) is 0.583. The van der Waals surface area contributed by atoms with Gasteiger partial charge in [-0.05, 0) is 18.9 Å². The van der Waals surface area contributed by atoms with E-state index in [4.69, 9.17) is 5.11 Å². The van der Waals surface area contributed by atoms with Crippen molar-refractivity contribution < 1.29 is 14.8 Å². The molecule has 19 heavy (non-hydrogen) atoms. The highest BCUT2D eigenvalue weighted by Crippen LogP contribution is 2.21. The van der Waals surface area contributed by atoms with Crippen molar-refractivity contribution in [3.05, 3.63) is 39.4 Å². The van der Waals surface area contributed by atoms with Crippen LogP contribution in [-0.2, 0) is 11.3 Å². The maximum absolute atomic E-state index is 11.0. The number of nitrogens with one attached hydrogen (secondary N) is 1. The second-order valence-corrected chi connectivity index (χ2v) is 4.38. The van der Waals surface area contributed by atoms with Crippen molar-refractivity contribution in [1.29, 1.82) is 0 Å². The van der Waals surface area contributed by atoms with Crippen LogP contribution in [0.2, 0.25) is 0 Å². The monoisotopic (exact) mass is 266 g/mol. The summed E-state index contributed by atoms with van der Waals surface area (Å²) in [6.07, 6.45) is 1.29. The van der Waals surface area contributed by atoms with Crippen LogP contribution in [-0.4, -0.2) is 22.0 Å². The maximum atomic E-state index is 11.0. The van der Waals surface area contributed by atoms with Gasteiger partial charge >= 0.3 is 5.97 Å². The van der Waals surface area contributed by atoms with Crippen molar-refractivity contribution in [1.82, 2.24) is 5.32 Å². The SMILES string of the molecule is CCCC(NCc1cccc([N+](=O)[O-])c1C)C(=O)O. The van der Waals surface area contributed by atoms with Gasteiger partial charge in [-0.2, -0.15) is 0 Å². The number of hydrogen-bond acceptors (Lipinski definition) is 4. The van der Waals surface area contributed by atoms with Gasteiger partial charge in [-0.25, -0.2) is 0 Å². The van der Waals surface area contributed by atoms with Gasteiger partial charge in [0.05, 0.1) is 4.92 Å². The average Bonchev–Trinajstić information content (AvgIpc) is 2.35. The number of nitrogens with zero attached hydrogens (tertiary/aromatic N) is 1. The molecule has 0 spiro atoms. The summed E-state index contributed by atoms with van der Waals surface area (Å²) in [6, 6.07) is 4.20. The van der Waals surface area contributed by atoms with Crippen molar-refractivity contribution >= 4 is 11.7 Å². The highest BCUT2D eigenvalue weighted by Gasteiger charge is 2.17. The van der Waals surface area contributed by atoms with Gasteiger partial charge < -0.3 is 10.4 Å². The van der Waals surface area contributed by atoms with Crippen molar-refractivity contribution in [3.63, 3.8) is 0 Å². The molecule has 0 aliphatic heterocycles. The number of nitro groups is 1. The Labute approximate surface area is 111 Å². The van der Waals surface area contributed by atoms with E-state index in [1.54, 1.807) is 19.1 Å². The lowest BCUT2D eigenvalue weighted by Gasteiger charge is -2.14. The zero-order chi connectivity index (χ0) is 14.4. The summed E-state index contributed by atoms with van der Waals surface area (Å²) in [5, 5.41) is 22.8. The van der Waals surface area contributed by atoms with Crippen LogP contribution in [0.5, 0.6) is 0 Å². The van der Waals surface area contributed by atoms with E-state index in [1.807, 2.05) is 6.92 Å². The number of carbonyl (C=O) groups is 1. The van der Waals surface area contributed by atoms with E-state index in [-0.39, 0.29) is 5.69 Å². The number of nitro benzene ring substituents is 1. The van der Waals surface area contributed by atoms with E-state index in [0.717, 1.165) is 12.0 Å². The summed E-state index contributed by atoms with van der Waals surface area (Å²) in [7, 11) is 0. The molecule has 0 saturated carbocycles. The molecule has 1 aromatic rings. The zero-order valence-corrected chi connectivity index (χ0v) is 11.0. The molecule has 0 bridgehead atoms. The molecule has 0 saturated heterocycles. The van der Waals surface area contributed by atoms with Crippen LogP contribution < -0.4 is 5.32 Å². The molecule has 6 heteroatoms. The van der Waals surface area contributed by atoms with Crippen LogP contribution in [0.1, 0.15) is 30.9 Å². The Bertz CT molecular complexity index is 474. The minimum atomic E-state index is -0.898. The third-order valence-electron chi connectivity index (χ3n) is 3.03. The topological polar surface area (TPSA) is 92.5 Å². The molecule has 104 valence electrons. The van der Waals surface area contributed by atoms with Gasteiger partial charge in [0.2, 0.25) is 0 Å². The van der Waals surface area contributed by atoms with Crippen LogP contribution in [0.25, 0.3) is 0 Å². The molecular formula is C13H18N2O4.